The maximum Gasteiger partial charge on any atom is 0.272 e. The molecule has 0 saturated carbocycles. The molecule has 0 saturated heterocycles. The Balaban J connectivity index is 1.48. The van der Waals surface area contributed by atoms with Crippen molar-refractivity contribution in [3.63, 3.8) is 0 Å². The van der Waals surface area contributed by atoms with Gasteiger partial charge >= 0.3 is 0 Å². The second-order valence-electron chi connectivity index (χ2n) is 8.57. The summed E-state index contributed by atoms with van der Waals surface area (Å²) in [6.07, 6.45) is 1.47. The fourth-order valence-electron chi connectivity index (χ4n) is 3.49. The molecular weight excluding hydrogens is 633 g/mol. The molecule has 3 N–H and O–H groups in total. The van der Waals surface area contributed by atoms with Gasteiger partial charge in [-0.3, -0.25) is 19.7 Å². The molecule has 3 aromatic carbocycles. The van der Waals surface area contributed by atoms with Crippen LogP contribution in [0.3, 0.4) is 0 Å². The van der Waals surface area contributed by atoms with Crippen molar-refractivity contribution < 1.29 is 14.4 Å². The van der Waals surface area contributed by atoms with E-state index >= 15 is 0 Å². The maximum absolute atomic E-state index is 13.4. The van der Waals surface area contributed by atoms with E-state index in [1.54, 1.807) is 73.7 Å². The zero-order valence-electron chi connectivity index (χ0n) is 22.4. The number of anilines is 2. The average molecular weight is 659 g/mol. The van der Waals surface area contributed by atoms with E-state index in [4.69, 9.17) is 23.2 Å². The van der Waals surface area contributed by atoms with Gasteiger partial charge in [-0.05, 0) is 60.7 Å². The fraction of sp³-hybridized carbons (Fsp3) is 0.138. The Morgan fingerprint density at radius 2 is 1.76 bits per heavy atom. The Morgan fingerprint density at radius 3 is 2.52 bits per heavy atom. The van der Waals surface area contributed by atoms with Crippen LogP contribution in [0.1, 0.15) is 29.8 Å². The third kappa shape index (κ3) is 8.83. The molecule has 3 amide bonds. The highest BCUT2D eigenvalue weighted by Crippen LogP contribution is 2.29. The summed E-state index contributed by atoms with van der Waals surface area (Å²) in [6.45, 7) is 3.79. The first-order valence-corrected chi connectivity index (χ1v) is 16.0. The van der Waals surface area contributed by atoms with E-state index in [1.165, 1.54) is 29.6 Å². The van der Waals surface area contributed by atoms with Crippen molar-refractivity contribution in [1.82, 2.24) is 14.7 Å². The monoisotopic (exact) mass is 657 g/mol. The Kier molecular flexibility index (Phi) is 11.4. The number of carbonyl (C=O) groups is 3. The second-order valence-corrected chi connectivity index (χ2v) is 12.8. The van der Waals surface area contributed by atoms with E-state index in [9.17, 15) is 14.4 Å². The lowest BCUT2D eigenvalue weighted by atomic mass is 10.1. The van der Waals surface area contributed by atoms with Gasteiger partial charge in [0.25, 0.3) is 11.8 Å². The van der Waals surface area contributed by atoms with Gasteiger partial charge in [-0.25, -0.2) is 0 Å². The molecule has 4 aromatic rings. The Morgan fingerprint density at radius 1 is 1.00 bits per heavy atom. The standard InChI is InChI=1S/C29H25Cl2N5O3S3/c1-3-40-29-35-28(42-36-29)34-25(37)17(2)41-21-13-8-12-20(16-21)32-27(39)23(15-19-11-7-14-22(30)24(19)31)33-26(38)18-9-5-4-6-10-18/h4-17H,3H2,1-2H3,(H,32,39)(H,33,38)(H,34,35,36,37)/b23-15+. The number of halogens is 2. The number of aromatic nitrogens is 2. The van der Waals surface area contributed by atoms with Crippen LogP contribution in [0, 0.1) is 0 Å². The summed E-state index contributed by atoms with van der Waals surface area (Å²) in [5.74, 6) is -0.407. The van der Waals surface area contributed by atoms with E-state index in [0.29, 0.717) is 32.1 Å². The fourth-order valence-corrected chi connectivity index (χ4v) is 6.05. The largest absolute Gasteiger partial charge is 0.321 e. The molecular formula is C29H25Cl2N5O3S3. The van der Waals surface area contributed by atoms with Crippen LogP contribution in [0.4, 0.5) is 10.8 Å². The van der Waals surface area contributed by atoms with Gasteiger partial charge in [-0.1, -0.05) is 78.3 Å². The molecule has 1 unspecified atom stereocenters. The average Bonchev–Trinajstić information content (AvgIpc) is 3.42. The van der Waals surface area contributed by atoms with Crippen molar-refractivity contribution >= 4 is 92.9 Å². The number of thioether (sulfide) groups is 2. The number of rotatable bonds is 11. The molecule has 0 aliphatic rings. The van der Waals surface area contributed by atoms with Crippen LogP contribution in [0.15, 0.2) is 88.5 Å². The molecule has 13 heteroatoms. The van der Waals surface area contributed by atoms with Crippen LogP contribution in [0.5, 0.6) is 0 Å². The highest BCUT2D eigenvalue weighted by Gasteiger charge is 2.19. The summed E-state index contributed by atoms with van der Waals surface area (Å²) in [4.78, 5) is 44.1. The van der Waals surface area contributed by atoms with Gasteiger partial charge in [0.15, 0.2) is 0 Å². The first-order valence-electron chi connectivity index (χ1n) is 12.6. The first kappa shape index (κ1) is 31.6. The third-order valence-electron chi connectivity index (χ3n) is 5.50. The number of hydrogen-bond donors (Lipinski definition) is 3. The predicted molar refractivity (Wildman–Crippen MR) is 174 cm³/mol. The molecule has 1 atom stereocenters. The molecule has 1 heterocycles. The molecule has 0 aliphatic heterocycles. The van der Waals surface area contributed by atoms with Crippen LogP contribution in [-0.2, 0) is 9.59 Å². The molecule has 0 spiro atoms. The highest BCUT2D eigenvalue weighted by atomic mass is 35.5. The minimum Gasteiger partial charge on any atom is -0.321 e. The number of amides is 3. The van der Waals surface area contributed by atoms with Crippen LogP contribution >= 0.6 is 58.3 Å². The van der Waals surface area contributed by atoms with Crippen molar-refractivity contribution in [2.45, 2.75) is 29.1 Å². The molecule has 1 aromatic heterocycles. The summed E-state index contributed by atoms with van der Waals surface area (Å²) in [6, 6.07) is 20.6. The zero-order valence-corrected chi connectivity index (χ0v) is 26.4. The van der Waals surface area contributed by atoms with E-state index in [0.717, 1.165) is 22.2 Å². The summed E-state index contributed by atoms with van der Waals surface area (Å²) in [5.41, 5.74) is 1.28. The number of hydrogen-bond acceptors (Lipinski definition) is 8. The minimum atomic E-state index is -0.569. The van der Waals surface area contributed by atoms with Crippen LogP contribution in [0.25, 0.3) is 6.08 Å². The molecule has 0 fully saturated rings. The van der Waals surface area contributed by atoms with Gasteiger partial charge in [0.1, 0.15) is 5.70 Å². The smallest absolute Gasteiger partial charge is 0.272 e. The molecule has 0 radical (unpaired) electrons. The first-order chi connectivity index (χ1) is 20.2. The lowest BCUT2D eigenvalue weighted by Gasteiger charge is -2.14. The van der Waals surface area contributed by atoms with Crippen molar-refractivity contribution in [2.24, 2.45) is 0 Å². The lowest BCUT2D eigenvalue weighted by Crippen LogP contribution is -2.30. The van der Waals surface area contributed by atoms with Gasteiger partial charge in [-0.15, -0.1) is 11.8 Å². The zero-order chi connectivity index (χ0) is 30.1. The van der Waals surface area contributed by atoms with Gasteiger partial charge < -0.3 is 10.6 Å². The van der Waals surface area contributed by atoms with E-state index in [1.807, 2.05) is 13.0 Å². The number of nitrogens with zero attached hydrogens (tertiary/aromatic N) is 2. The van der Waals surface area contributed by atoms with Crippen LogP contribution < -0.4 is 16.0 Å². The Labute approximate surface area is 265 Å². The Hall–Kier alpha value is -3.35. The quantitative estimate of drug-likeness (QED) is 0.113. The SMILES string of the molecule is CCSc1nsc(NC(=O)C(C)Sc2cccc(NC(=O)/C(=C\c3cccc(Cl)c3Cl)NC(=O)c3ccccc3)c2)n1. The summed E-state index contributed by atoms with van der Waals surface area (Å²) < 4.78 is 4.21. The minimum absolute atomic E-state index is 0.0310. The van der Waals surface area contributed by atoms with E-state index in [-0.39, 0.29) is 16.6 Å². The van der Waals surface area contributed by atoms with Crippen molar-refractivity contribution in [3.05, 3.63) is 99.7 Å². The van der Waals surface area contributed by atoms with Gasteiger partial charge in [0, 0.05) is 27.7 Å². The number of nitrogens with one attached hydrogen (secondary N) is 3. The Bertz CT molecular complexity index is 1620. The van der Waals surface area contributed by atoms with Crippen molar-refractivity contribution in [3.8, 4) is 0 Å². The van der Waals surface area contributed by atoms with Crippen LogP contribution in [0.2, 0.25) is 10.0 Å². The molecule has 0 aliphatic carbocycles. The van der Waals surface area contributed by atoms with Crippen LogP contribution in [-0.4, -0.2) is 38.1 Å². The van der Waals surface area contributed by atoms with Gasteiger partial charge in [-0.2, -0.15) is 9.36 Å². The summed E-state index contributed by atoms with van der Waals surface area (Å²) >= 11 is 16.5. The van der Waals surface area contributed by atoms with Gasteiger partial charge in [0.05, 0.1) is 15.3 Å². The van der Waals surface area contributed by atoms with E-state index < -0.39 is 17.1 Å². The third-order valence-corrected chi connectivity index (χ3v) is 8.90. The summed E-state index contributed by atoms with van der Waals surface area (Å²) in [5, 5.41) is 9.49. The predicted octanol–water partition coefficient (Wildman–Crippen LogP) is 7.49. The van der Waals surface area contributed by atoms with Gasteiger partial charge in [0.2, 0.25) is 16.2 Å². The number of benzene rings is 3. The van der Waals surface area contributed by atoms with Crippen molar-refractivity contribution in [2.75, 3.05) is 16.4 Å². The topological polar surface area (TPSA) is 113 Å². The molecule has 42 heavy (non-hydrogen) atoms. The van der Waals surface area contributed by atoms with E-state index in [2.05, 4.69) is 25.3 Å². The molecule has 8 nitrogen and oxygen atoms in total. The lowest BCUT2D eigenvalue weighted by molar-refractivity contribution is -0.115. The van der Waals surface area contributed by atoms with Crippen molar-refractivity contribution in [1.29, 1.82) is 0 Å². The number of carbonyl (C=O) groups excluding carboxylic acids is 3. The normalized spacial score (nSPS) is 12.0. The molecule has 216 valence electrons. The molecule has 0 bridgehead atoms. The summed E-state index contributed by atoms with van der Waals surface area (Å²) in [7, 11) is 0. The highest BCUT2D eigenvalue weighted by molar-refractivity contribution is 8.00. The molecule has 4 rings (SSSR count). The maximum atomic E-state index is 13.4. The second kappa shape index (κ2) is 15.2.